The first-order valence-corrected chi connectivity index (χ1v) is 22.0. The van der Waals surface area contributed by atoms with E-state index >= 15 is 0 Å². The molecule has 0 aromatic rings. The quantitative estimate of drug-likeness (QED) is 0.122. The van der Waals surface area contributed by atoms with Crippen LogP contribution in [-0.4, -0.2) is 119 Å². The van der Waals surface area contributed by atoms with Gasteiger partial charge in [-0.15, -0.1) is 0 Å². The minimum absolute atomic E-state index is 0.0178. The van der Waals surface area contributed by atoms with E-state index in [9.17, 15) is 39.3 Å². The Labute approximate surface area is 357 Å². The lowest BCUT2D eigenvalue weighted by molar-refractivity contribution is -0.266. The fourth-order valence-corrected chi connectivity index (χ4v) is 8.19. The molecule has 1 amide bonds. The third kappa shape index (κ3) is 14.1. The number of allylic oxidation sites excluding steroid dienone is 6. The van der Waals surface area contributed by atoms with Gasteiger partial charge in [0.25, 0.3) is 11.7 Å². The molecule has 3 aliphatic rings. The van der Waals surface area contributed by atoms with Gasteiger partial charge in [0.05, 0.1) is 12.2 Å². The summed E-state index contributed by atoms with van der Waals surface area (Å²) in [7, 11) is 1.37. The molecule has 3 heterocycles. The van der Waals surface area contributed by atoms with Crippen LogP contribution in [0.15, 0.2) is 47.6 Å². The molecule has 11 atom stereocenters. The van der Waals surface area contributed by atoms with Gasteiger partial charge in [0.15, 0.2) is 5.78 Å². The number of aliphatic hydroxyl groups excluding tert-OH is 2. The SMILES string of the molecule is CO[C@H]1C(=O)[C@H](C)C[C@H](C)/C=C/C=C/C=C(\C)C(OCCCCO)C[C@@H]2CC[C@@H](C)[C@@](O)(O2)C(=O)C(=O)N2CCCCC2C(=O)O[C@H](C(C)C)CC(=O)[C@H](C)/C=C(\C)[C@H]1O. The molecule has 13 heteroatoms. The maximum absolute atomic E-state index is 14.1. The molecule has 0 saturated carbocycles. The van der Waals surface area contributed by atoms with E-state index in [0.29, 0.717) is 63.5 Å². The van der Waals surface area contributed by atoms with Gasteiger partial charge in [-0.25, -0.2) is 4.79 Å². The van der Waals surface area contributed by atoms with Crippen molar-refractivity contribution < 1.29 is 58.2 Å². The smallest absolute Gasteiger partial charge is 0.329 e. The van der Waals surface area contributed by atoms with Crippen molar-refractivity contribution >= 4 is 29.2 Å². The Balaban J connectivity index is 2.01. The van der Waals surface area contributed by atoms with E-state index in [1.165, 1.54) is 12.0 Å². The number of esters is 1. The number of nitrogens with zero attached hydrogens (tertiary/aromatic N) is 1. The number of cyclic esters (lactones) is 1. The molecule has 3 rings (SSSR count). The molecule has 13 nitrogen and oxygen atoms in total. The first-order chi connectivity index (χ1) is 28.4. The summed E-state index contributed by atoms with van der Waals surface area (Å²) in [5.41, 5.74) is 1.27. The molecule has 3 N–H and O–H groups in total. The van der Waals surface area contributed by atoms with Crippen molar-refractivity contribution in [1.29, 1.82) is 0 Å². The number of ketones is 3. The number of Topliss-reactive ketones (excluding diaryl/α,β-unsaturated/α-hetero) is 3. The Morgan fingerprint density at radius 1 is 0.933 bits per heavy atom. The van der Waals surface area contributed by atoms with Crippen molar-refractivity contribution in [2.24, 2.45) is 29.6 Å². The number of hydrogen-bond donors (Lipinski definition) is 3. The predicted octanol–water partition coefficient (Wildman–Crippen LogP) is 5.78. The number of rotatable bonds is 7. The highest BCUT2D eigenvalue weighted by atomic mass is 16.6. The summed E-state index contributed by atoms with van der Waals surface area (Å²) in [4.78, 5) is 70.3. The molecule has 2 saturated heterocycles. The second kappa shape index (κ2) is 24.3. The molecule has 2 bridgehead atoms. The molecule has 0 aromatic carbocycles. The molecule has 2 unspecified atom stereocenters. The second-order valence-electron chi connectivity index (χ2n) is 17.7. The normalized spacial score (nSPS) is 37.1. The number of piperidine rings is 1. The van der Waals surface area contributed by atoms with Crippen molar-refractivity contribution in [3.05, 3.63) is 47.6 Å². The molecule has 0 spiro atoms. The van der Waals surface area contributed by atoms with E-state index in [2.05, 4.69) is 0 Å². The Morgan fingerprint density at radius 3 is 2.32 bits per heavy atom. The van der Waals surface area contributed by atoms with Crippen LogP contribution in [0.2, 0.25) is 0 Å². The Hall–Kier alpha value is -3.33. The lowest BCUT2D eigenvalue weighted by Gasteiger charge is -2.42. The fourth-order valence-electron chi connectivity index (χ4n) is 8.19. The number of amides is 1. The number of ether oxygens (including phenoxy) is 4. The highest BCUT2D eigenvalue weighted by molar-refractivity contribution is 6.39. The zero-order chi connectivity index (χ0) is 44.7. The standard InChI is InChI=1S/C47H73NO12/c1-29(2)39-28-38(50)32(5)26-34(7)42(52)43(57-9)41(51)33(6)25-30(3)17-11-10-12-18-31(4)40(58-24-16-15-23-49)27-36-21-20-35(8)47(56,60-36)44(53)45(54)48-22-14-13-19-37(48)46(55)59-39/h10-12,17-18,26,29-30,32-33,35-37,39-40,42-43,49,52,56H,13-16,19-25,27-28H2,1-9H3/b12-10+,17-11+,31-18+,34-26+/t30-,32-,33-,35-,36+,37?,39+,40?,42-,43+,47-/m1/s1. The van der Waals surface area contributed by atoms with E-state index < -0.39 is 77.8 Å². The molecule has 60 heavy (non-hydrogen) atoms. The summed E-state index contributed by atoms with van der Waals surface area (Å²) in [6.07, 6.45) is 11.0. The maximum Gasteiger partial charge on any atom is 0.329 e. The predicted molar refractivity (Wildman–Crippen MR) is 227 cm³/mol. The van der Waals surface area contributed by atoms with Gasteiger partial charge >= 0.3 is 5.97 Å². The summed E-state index contributed by atoms with van der Waals surface area (Å²) >= 11 is 0. The Kier molecular flexibility index (Phi) is 20.7. The van der Waals surface area contributed by atoms with Gasteiger partial charge in [0.1, 0.15) is 30.1 Å². The monoisotopic (exact) mass is 844 g/mol. The zero-order valence-corrected chi connectivity index (χ0v) is 37.5. The van der Waals surface area contributed by atoms with E-state index in [-0.39, 0.29) is 49.4 Å². The maximum atomic E-state index is 14.1. The highest BCUT2D eigenvalue weighted by Crippen LogP contribution is 2.37. The van der Waals surface area contributed by atoms with E-state index in [0.717, 1.165) is 5.57 Å². The van der Waals surface area contributed by atoms with Gasteiger partial charge in [-0.3, -0.25) is 19.2 Å². The average molecular weight is 844 g/mol. The van der Waals surface area contributed by atoms with E-state index in [1.54, 1.807) is 26.8 Å². The molecular formula is C47H73NO12. The Bertz CT molecular complexity index is 1580. The van der Waals surface area contributed by atoms with Crippen LogP contribution in [-0.2, 0) is 42.9 Å². The fraction of sp³-hybridized carbons (Fsp3) is 0.723. The number of carbonyl (C=O) groups excluding carboxylic acids is 5. The molecule has 0 radical (unpaired) electrons. The summed E-state index contributed by atoms with van der Waals surface area (Å²) < 4.78 is 23.9. The third-order valence-corrected chi connectivity index (χ3v) is 12.3. The molecule has 0 aliphatic carbocycles. The number of fused-ring (bicyclic) bond motifs is 3. The number of hydrogen-bond acceptors (Lipinski definition) is 12. The summed E-state index contributed by atoms with van der Waals surface area (Å²) in [5, 5.41) is 32.5. The number of carbonyl (C=O) groups is 5. The van der Waals surface area contributed by atoms with Gasteiger partial charge < -0.3 is 39.2 Å². The molecule has 2 fully saturated rings. The van der Waals surface area contributed by atoms with Crippen LogP contribution in [0.25, 0.3) is 0 Å². The van der Waals surface area contributed by atoms with Gasteiger partial charge in [0, 0.05) is 57.5 Å². The van der Waals surface area contributed by atoms with Crippen LogP contribution < -0.4 is 0 Å². The van der Waals surface area contributed by atoms with Crippen molar-refractivity contribution in [3.63, 3.8) is 0 Å². The highest BCUT2D eigenvalue weighted by Gasteiger charge is 2.53. The first-order valence-electron chi connectivity index (χ1n) is 22.0. The molecule has 338 valence electrons. The van der Waals surface area contributed by atoms with Crippen molar-refractivity contribution in [2.45, 2.75) is 162 Å². The Morgan fingerprint density at radius 2 is 1.65 bits per heavy atom. The van der Waals surface area contributed by atoms with Crippen molar-refractivity contribution in [2.75, 3.05) is 26.9 Å². The van der Waals surface area contributed by atoms with Crippen LogP contribution in [0.4, 0.5) is 0 Å². The number of methoxy groups -OCH3 is 1. The second-order valence-corrected chi connectivity index (χ2v) is 17.7. The molecule has 0 aromatic heterocycles. The summed E-state index contributed by atoms with van der Waals surface area (Å²) in [5.74, 6) is -7.93. The lowest BCUT2D eigenvalue weighted by Crippen LogP contribution is -2.61. The average Bonchev–Trinajstić information content (AvgIpc) is 3.21. The minimum Gasteiger partial charge on any atom is -0.460 e. The number of unbranched alkanes of at least 4 members (excludes halogenated alkanes) is 1. The first kappa shape index (κ1) is 51.0. The molecular weight excluding hydrogens is 771 g/mol. The van der Waals surface area contributed by atoms with Gasteiger partial charge in [0.2, 0.25) is 5.79 Å². The van der Waals surface area contributed by atoms with Gasteiger partial charge in [-0.2, -0.15) is 0 Å². The third-order valence-electron chi connectivity index (χ3n) is 12.3. The lowest BCUT2D eigenvalue weighted by atomic mass is 9.85. The van der Waals surface area contributed by atoms with Crippen LogP contribution in [0, 0.1) is 29.6 Å². The van der Waals surface area contributed by atoms with Gasteiger partial charge in [-0.05, 0) is 88.2 Å². The largest absolute Gasteiger partial charge is 0.460 e. The van der Waals surface area contributed by atoms with Crippen molar-refractivity contribution in [1.82, 2.24) is 4.90 Å². The summed E-state index contributed by atoms with van der Waals surface area (Å²) in [6, 6.07) is -1.10. The van der Waals surface area contributed by atoms with Crippen LogP contribution >= 0.6 is 0 Å². The van der Waals surface area contributed by atoms with Crippen LogP contribution in [0.5, 0.6) is 0 Å². The summed E-state index contributed by atoms with van der Waals surface area (Å²) in [6.45, 7) is 14.9. The minimum atomic E-state index is -2.43. The number of aliphatic hydroxyl groups is 3. The zero-order valence-electron chi connectivity index (χ0n) is 37.5. The van der Waals surface area contributed by atoms with Gasteiger partial charge in [-0.1, -0.05) is 78.0 Å². The van der Waals surface area contributed by atoms with E-state index in [1.807, 2.05) is 65.0 Å². The molecule has 3 aliphatic heterocycles. The van der Waals surface area contributed by atoms with E-state index in [4.69, 9.17) is 18.9 Å². The topological polar surface area (TPSA) is 186 Å². The van der Waals surface area contributed by atoms with Crippen LogP contribution in [0.3, 0.4) is 0 Å². The van der Waals surface area contributed by atoms with Crippen LogP contribution in [0.1, 0.15) is 120 Å². The van der Waals surface area contributed by atoms with Crippen molar-refractivity contribution in [3.8, 4) is 0 Å².